The lowest BCUT2D eigenvalue weighted by atomic mass is 10.2. The molecule has 2 rings (SSSR count). The molecule has 0 spiro atoms. The van der Waals surface area contributed by atoms with Gasteiger partial charge in [0.05, 0.1) is 12.1 Å². The van der Waals surface area contributed by atoms with Gasteiger partial charge in [-0.05, 0) is 12.0 Å². The maximum Gasteiger partial charge on any atom is 0.328 e. The molecule has 1 saturated heterocycles. The van der Waals surface area contributed by atoms with E-state index in [2.05, 4.69) is 0 Å². The van der Waals surface area contributed by atoms with Gasteiger partial charge in [0.15, 0.2) is 0 Å². The minimum atomic E-state index is -0.215. The lowest BCUT2D eigenvalue weighted by molar-refractivity contribution is -0.145. The molecule has 1 fully saturated rings. The molecule has 1 atom stereocenters. The molecule has 3 nitrogen and oxygen atoms in total. The maximum absolute atomic E-state index is 11.6. The predicted molar refractivity (Wildman–Crippen MR) is 69.6 cm³/mol. The zero-order valence-electron chi connectivity index (χ0n) is 9.76. The molecule has 1 aliphatic rings. The largest absolute Gasteiger partial charge is 0.467 e. The van der Waals surface area contributed by atoms with Crippen molar-refractivity contribution in [3.05, 3.63) is 35.9 Å². The Bertz CT molecular complexity index is 419. The first-order valence-electron chi connectivity index (χ1n) is 5.63. The van der Waals surface area contributed by atoms with Crippen LogP contribution < -0.4 is 0 Å². The van der Waals surface area contributed by atoms with Gasteiger partial charge in [-0.1, -0.05) is 42.5 Å². The van der Waals surface area contributed by atoms with E-state index in [9.17, 15) is 4.79 Å². The van der Waals surface area contributed by atoms with Gasteiger partial charge in [0, 0.05) is 13.0 Å². The van der Waals surface area contributed by atoms with Crippen molar-refractivity contribution in [3.8, 4) is 0 Å². The summed E-state index contributed by atoms with van der Waals surface area (Å²) in [6, 6.07) is 9.81. The number of hydrogen-bond acceptors (Lipinski definition) is 3. The highest BCUT2D eigenvalue weighted by Crippen LogP contribution is 2.23. The van der Waals surface area contributed by atoms with Crippen LogP contribution >= 0.6 is 12.2 Å². The highest BCUT2D eigenvalue weighted by Gasteiger charge is 2.34. The number of thiocarbonyl (C=S) groups is 1. The van der Waals surface area contributed by atoms with E-state index in [1.54, 1.807) is 0 Å². The van der Waals surface area contributed by atoms with Crippen LogP contribution in [0.5, 0.6) is 0 Å². The van der Waals surface area contributed by atoms with Gasteiger partial charge in [-0.15, -0.1) is 0 Å². The molecule has 1 aromatic carbocycles. The van der Waals surface area contributed by atoms with E-state index < -0.39 is 0 Å². The summed E-state index contributed by atoms with van der Waals surface area (Å²) < 4.78 is 4.81. The smallest absolute Gasteiger partial charge is 0.328 e. The Kier molecular flexibility index (Phi) is 3.74. The van der Waals surface area contributed by atoms with Crippen LogP contribution in [0.2, 0.25) is 0 Å². The average molecular weight is 249 g/mol. The lowest BCUT2D eigenvalue weighted by Crippen LogP contribution is -2.38. The van der Waals surface area contributed by atoms with Crippen LogP contribution in [0.3, 0.4) is 0 Å². The number of carbonyl (C=O) groups is 1. The van der Waals surface area contributed by atoms with Crippen molar-refractivity contribution in [2.24, 2.45) is 0 Å². The molecule has 4 heteroatoms. The van der Waals surface area contributed by atoms with Crippen LogP contribution in [0.15, 0.2) is 30.3 Å². The van der Waals surface area contributed by atoms with Crippen molar-refractivity contribution in [2.75, 3.05) is 7.11 Å². The highest BCUT2D eigenvalue weighted by molar-refractivity contribution is 7.80. The number of benzene rings is 1. The van der Waals surface area contributed by atoms with E-state index in [1.807, 2.05) is 35.2 Å². The molecule has 17 heavy (non-hydrogen) atoms. The zero-order valence-corrected chi connectivity index (χ0v) is 10.6. The van der Waals surface area contributed by atoms with Crippen molar-refractivity contribution in [3.63, 3.8) is 0 Å². The first kappa shape index (κ1) is 12.0. The second-order valence-corrected chi connectivity index (χ2v) is 4.56. The third kappa shape index (κ3) is 2.64. The molecule has 0 saturated carbocycles. The Morgan fingerprint density at radius 2 is 2.18 bits per heavy atom. The average Bonchev–Trinajstić information content (AvgIpc) is 2.72. The van der Waals surface area contributed by atoms with E-state index in [-0.39, 0.29) is 12.0 Å². The number of ether oxygens (including phenoxy) is 1. The summed E-state index contributed by atoms with van der Waals surface area (Å²) >= 11 is 5.30. The maximum atomic E-state index is 11.6. The number of likely N-dealkylation sites (tertiary alicyclic amines) is 1. The fourth-order valence-electron chi connectivity index (χ4n) is 2.09. The van der Waals surface area contributed by atoms with Gasteiger partial charge in [0.25, 0.3) is 0 Å². The second-order valence-electron chi connectivity index (χ2n) is 4.08. The van der Waals surface area contributed by atoms with E-state index >= 15 is 0 Å². The number of nitrogens with zero attached hydrogens (tertiary/aromatic N) is 1. The number of methoxy groups -OCH3 is 1. The van der Waals surface area contributed by atoms with E-state index in [0.717, 1.165) is 23.4 Å². The van der Waals surface area contributed by atoms with Crippen LogP contribution in [0, 0.1) is 0 Å². The Hall–Kier alpha value is -1.42. The summed E-state index contributed by atoms with van der Waals surface area (Å²) in [6.07, 6.45) is 1.56. The first-order chi connectivity index (χ1) is 8.22. The van der Waals surface area contributed by atoms with Crippen LogP contribution in [-0.2, 0) is 16.1 Å². The number of hydrogen-bond donors (Lipinski definition) is 0. The zero-order chi connectivity index (χ0) is 12.3. The third-order valence-corrected chi connectivity index (χ3v) is 3.44. The van der Waals surface area contributed by atoms with Crippen LogP contribution in [0.4, 0.5) is 0 Å². The van der Waals surface area contributed by atoms with Crippen molar-refractivity contribution in [1.29, 1.82) is 0 Å². The summed E-state index contributed by atoms with van der Waals surface area (Å²) in [4.78, 5) is 14.5. The molecule has 0 aromatic heterocycles. The SMILES string of the molecule is COC(=O)[C@@H]1CCC(=S)N1Cc1ccccc1. The minimum Gasteiger partial charge on any atom is -0.467 e. The lowest BCUT2D eigenvalue weighted by Gasteiger charge is -2.24. The molecule has 0 radical (unpaired) electrons. The van der Waals surface area contributed by atoms with Crippen molar-refractivity contribution in [2.45, 2.75) is 25.4 Å². The van der Waals surface area contributed by atoms with Gasteiger partial charge in [-0.2, -0.15) is 0 Å². The molecule has 0 N–H and O–H groups in total. The summed E-state index contributed by atoms with van der Waals surface area (Å²) in [7, 11) is 1.42. The summed E-state index contributed by atoms with van der Waals surface area (Å²) in [6.45, 7) is 0.680. The molecular weight excluding hydrogens is 234 g/mol. The molecule has 0 amide bonds. The minimum absolute atomic E-state index is 0.194. The fraction of sp³-hybridized carbons (Fsp3) is 0.385. The van der Waals surface area contributed by atoms with Gasteiger partial charge in [-0.25, -0.2) is 4.79 Å². The fourth-order valence-corrected chi connectivity index (χ4v) is 2.40. The number of rotatable bonds is 3. The highest BCUT2D eigenvalue weighted by atomic mass is 32.1. The van der Waals surface area contributed by atoms with Crippen molar-refractivity contribution in [1.82, 2.24) is 4.90 Å². The second kappa shape index (κ2) is 5.27. The molecule has 1 heterocycles. The van der Waals surface area contributed by atoms with Crippen LogP contribution in [0.1, 0.15) is 18.4 Å². The molecule has 0 unspecified atom stereocenters. The normalized spacial score (nSPS) is 19.5. The van der Waals surface area contributed by atoms with Gasteiger partial charge >= 0.3 is 5.97 Å². The van der Waals surface area contributed by atoms with E-state index in [1.165, 1.54) is 7.11 Å². The monoisotopic (exact) mass is 249 g/mol. The number of esters is 1. The van der Waals surface area contributed by atoms with Crippen molar-refractivity contribution >= 4 is 23.2 Å². The molecule has 0 bridgehead atoms. The summed E-state index contributed by atoms with van der Waals surface area (Å²) in [5.74, 6) is -0.194. The molecule has 1 aromatic rings. The Morgan fingerprint density at radius 1 is 1.47 bits per heavy atom. The van der Waals surface area contributed by atoms with Gasteiger partial charge in [0.1, 0.15) is 6.04 Å². The predicted octanol–water partition coefficient (Wildman–Crippen LogP) is 2.15. The quantitative estimate of drug-likeness (QED) is 0.606. The standard InChI is InChI=1S/C13H15NO2S/c1-16-13(15)11-7-8-12(17)14(11)9-10-5-3-2-4-6-10/h2-6,11H,7-9H2,1H3/t11-/m0/s1. The van der Waals surface area contributed by atoms with Gasteiger partial charge in [0.2, 0.25) is 0 Å². The van der Waals surface area contributed by atoms with Crippen LogP contribution in [-0.4, -0.2) is 29.0 Å². The van der Waals surface area contributed by atoms with Gasteiger partial charge in [-0.3, -0.25) is 0 Å². The molecule has 1 aliphatic heterocycles. The van der Waals surface area contributed by atoms with E-state index in [4.69, 9.17) is 17.0 Å². The summed E-state index contributed by atoms with van der Waals surface area (Å²) in [5.41, 5.74) is 1.16. The molecule has 0 aliphatic carbocycles. The Labute approximate surface area is 106 Å². The first-order valence-corrected chi connectivity index (χ1v) is 6.04. The summed E-state index contributed by atoms with van der Waals surface area (Å²) in [5, 5.41) is 0. The van der Waals surface area contributed by atoms with Crippen LogP contribution in [0.25, 0.3) is 0 Å². The van der Waals surface area contributed by atoms with Gasteiger partial charge < -0.3 is 9.64 Å². The van der Waals surface area contributed by atoms with E-state index in [0.29, 0.717) is 6.54 Å². The third-order valence-electron chi connectivity index (χ3n) is 3.00. The molecule has 90 valence electrons. The van der Waals surface area contributed by atoms with Crippen molar-refractivity contribution < 1.29 is 9.53 Å². The number of carbonyl (C=O) groups excluding carboxylic acids is 1. The topological polar surface area (TPSA) is 29.5 Å². The Balaban J connectivity index is 2.12. The Morgan fingerprint density at radius 3 is 2.82 bits per heavy atom. The molecular formula is C13H15NO2S.